The zero-order valence-electron chi connectivity index (χ0n) is 15.3. The largest absolute Gasteiger partial charge is 0.276 e. The van der Waals surface area contributed by atoms with Gasteiger partial charge in [0.2, 0.25) is 0 Å². The summed E-state index contributed by atoms with van der Waals surface area (Å²) in [5, 5.41) is 9.31. The summed E-state index contributed by atoms with van der Waals surface area (Å²) in [6, 6.07) is 19.4. The summed E-state index contributed by atoms with van der Waals surface area (Å²) in [6.07, 6.45) is 0. The summed E-state index contributed by atoms with van der Waals surface area (Å²) < 4.78 is 29.2. The average molecular weight is 456 g/mol. The van der Waals surface area contributed by atoms with Gasteiger partial charge >= 0.3 is 0 Å². The number of rotatable bonds is 4. The third kappa shape index (κ3) is 3.55. The average Bonchev–Trinajstić information content (AvgIpc) is 3.07. The van der Waals surface area contributed by atoms with E-state index in [-0.39, 0.29) is 10.7 Å². The predicted molar refractivity (Wildman–Crippen MR) is 116 cm³/mol. The van der Waals surface area contributed by atoms with Gasteiger partial charge in [0.15, 0.2) is 5.82 Å². The van der Waals surface area contributed by atoms with Gasteiger partial charge in [-0.1, -0.05) is 52.3 Å². The lowest BCUT2D eigenvalue weighted by Crippen LogP contribution is -2.16. The van der Waals surface area contributed by atoms with Crippen LogP contribution in [0.15, 0.2) is 70.0 Å². The van der Waals surface area contributed by atoms with Crippen LogP contribution in [0.2, 0.25) is 0 Å². The zero-order chi connectivity index (χ0) is 19.9. The topological polar surface area (TPSA) is 74.8 Å². The molecule has 0 aliphatic heterocycles. The Morgan fingerprint density at radius 3 is 2.32 bits per heavy atom. The quantitative estimate of drug-likeness (QED) is 0.431. The lowest BCUT2D eigenvalue weighted by atomic mass is 10.1. The van der Waals surface area contributed by atoms with Crippen molar-refractivity contribution in [2.75, 3.05) is 4.72 Å². The molecule has 0 fully saturated rings. The number of benzene rings is 3. The molecule has 4 aromatic rings. The Hall–Kier alpha value is -2.64. The number of nitrogens with zero attached hydrogens (tertiary/aromatic N) is 1. The van der Waals surface area contributed by atoms with Crippen LogP contribution < -0.4 is 4.72 Å². The molecular weight excluding hydrogens is 438 g/mol. The van der Waals surface area contributed by atoms with E-state index in [1.807, 2.05) is 36.4 Å². The van der Waals surface area contributed by atoms with Gasteiger partial charge in [0.1, 0.15) is 0 Å². The second-order valence-electron chi connectivity index (χ2n) is 6.70. The van der Waals surface area contributed by atoms with Gasteiger partial charge < -0.3 is 0 Å². The Labute approximate surface area is 172 Å². The Balaban J connectivity index is 1.66. The molecule has 3 aromatic carbocycles. The van der Waals surface area contributed by atoms with E-state index in [9.17, 15) is 8.42 Å². The maximum absolute atomic E-state index is 12.9. The Bertz CT molecular complexity index is 1270. The van der Waals surface area contributed by atoms with E-state index < -0.39 is 10.0 Å². The van der Waals surface area contributed by atoms with Crippen LogP contribution in [0.3, 0.4) is 0 Å². The molecule has 0 aliphatic rings. The molecular formula is C21H18BrN3O2S. The van der Waals surface area contributed by atoms with Gasteiger partial charge in [-0.3, -0.25) is 9.82 Å². The number of aryl methyl sites for hydroxylation is 2. The fourth-order valence-electron chi connectivity index (χ4n) is 3.39. The maximum Gasteiger partial charge on any atom is 0.263 e. The molecule has 28 heavy (non-hydrogen) atoms. The molecule has 142 valence electrons. The highest BCUT2D eigenvalue weighted by Gasteiger charge is 2.21. The van der Waals surface area contributed by atoms with Crippen LogP contribution in [0.4, 0.5) is 5.82 Å². The molecule has 0 atom stereocenters. The minimum absolute atomic E-state index is 0.255. The second-order valence-corrected chi connectivity index (χ2v) is 9.24. The van der Waals surface area contributed by atoms with E-state index in [0.29, 0.717) is 11.1 Å². The Morgan fingerprint density at radius 2 is 1.61 bits per heavy atom. The molecule has 5 nitrogen and oxygen atoms in total. The fraction of sp³-hybridized carbons (Fsp3) is 0.0952. The fourth-order valence-corrected chi connectivity index (χ4v) is 5.52. The van der Waals surface area contributed by atoms with Gasteiger partial charge in [-0.05, 0) is 53.9 Å². The van der Waals surface area contributed by atoms with Gasteiger partial charge in [-0.2, -0.15) is 5.10 Å². The van der Waals surface area contributed by atoms with E-state index in [0.717, 1.165) is 26.5 Å². The summed E-state index contributed by atoms with van der Waals surface area (Å²) in [6.45, 7) is 3.55. The van der Waals surface area contributed by atoms with Crippen LogP contribution in [0.25, 0.3) is 22.0 Å². The van der Waals surface area contributed by atoms with Crippen molar-refractivity contribution in [1.82, 2.24) is 10.2 Å². The van der Waals surface area contributed by atoms with Gasteiger partial charge in [0, 0.05) is 16.1 Å². The Kier molecular flexibility index (Phi) is 4.72. The number of hydrogen-bond donors (Lipinski definition) is 2. The number of aromatic amines is 1. The van der Waals surface area contributed by atoms with Gasteiger partial charge in [0.05, 0.1) is 10.6 Å². The van der Waals surface area contributed by atoms with Crippen LogP contribution >= 0.6 is 15.9 Å². The highest BCUT2D eigenvalue weighted by atomic mass is 79.9. The third-order valence-electron chi connectivity index (χ3n) is 4.57. The zero-order valence-corrected chi connectivity index (χ0v) is 17.7. The Morgan fingerprint density at radius 1 is 0.929 bits per heavy atom. The van der Waals surface area contributed by atoms with Crippen LogP contribution in [0.5, 0.6) is 0 Å². The molecule has 0 aliphatic carbocycles. The van der Waals surface area contributed by atoms with Gasteiger partial charge in [-0.15, -0.1) is 0 Å². The van der Waals surface area contributed by atoms with Crippen molar-refractivity contribution in [1.29, 1.82) is 0 Å². The molecule has 0 bridgehead atoms. The van der Waals surface area contributed by atoms with E-state index >= 15 is 0 Å². The summed E-state index contributed by atoms with van der Waals surface area (Å²) in [7, 11) is -3.75. The number of halogens is 1. The standard InChI is InChI=1S/C21H18BrN3O2S/c1-13-9-18(22)10-14(2)21(13)28(26,27)25-20-12-19(23-24-20)17-8-7-15-5-3-4-6-16(15)11-17/h3-12H,1-2H3,(H2,23,24,25). The molecule has 0 saturated carbocycles. The number of sulfonamides is 1. The number of hydrogen-bond acceptors (Lipinski definition) is 3. The molecule has 0 amide bonds. The van der Waals surface area contributed by atoms with Crippen LogP contribution in [0.1, 0.15) is 11.1 Å². The predicted octanol–water partition coefficient (Wildman–Crippen LogP) is 5.41. The first-order valence-corrected chi connectivity index (χ1v) is 11.0. The molecule has 0 unspecified atom stereocenters. The van der Waals surface area contributed by atoms with E-state index in [4.69, 9.17) is 0 Å². The van der Waals surface area contributed by atoms with Crippen molar-refractivity contribution in [3.63, 3.8) is 0 Å². The van der Waals surface area contributed by atoms with E-state index in [2.05, 4.69) is 36.9 Å². The van der Waals surface area contributed by atoms with E-state index in [1.54, 1.807) is 32.0 Å². The number of aromatic nitrogens is 2. The SMILES string of the molecule is Cc1cc(Br)cc(C)c1S(=O)(=O)Nc1cc(-c2ccc3ccccc3c2)[nH]n1. The number of fused-ring (bicyclic) bond motifs is 1. The minimum Gasteiger partial charge on any atom is -0.276 e. The lowest BCUT2D eigenvalue weighted by molar-refractivity contribution is 0.599. The first-order valence-electron chi connectivity index (χ1n) is 8.68. The summed E-state index contributed by atoms with van der Waals surface area (Å²) in [4.78, 5) is 0.269. The molecule has 1 heterocycles. The molecule has 7 heteroatoms. The molecule has 2 N–H and O–H groups in total. The second kappa shape index (κ2) is 7.07. The molecule has 0 radical (unpaired) electrons. The highest BCUT2D eigenvalue weighted by molar-refractivity contribution is 9.10. The van der Waals surface area contributed by atoms with Crippen LogP contribution in [0, 0.1) is 13.8 Å². The van der Waals surface area contributed by atoms with Crippen molar-refractivity contribution in [3.8, 4) is 11.3 Å². The van der Waals surface area contributed by atoms with Crippen molar-refractivity contribution in [2.24, 2.45) is 0 Å². The van der Waals surface area contributed by atoms with Crippen molar-refractivity contribution in [3.05, 3.63) is 76.3 Å². The number of nitrogens with one attached hydrogen (secondary N) is 2. The maximum atomic E-state index is 12.9. The lowest BCUT2D eigenvalue weighted by Gasteiger charge is -2.12. The van der Waals surface area contributed by atoms with Gasteiger partial charge in [0.25, 0.3) is 10.0 Å². The van der Waals surface area contributed by atoms with E-state index in [1.165, 1.54) is 0 Å². The summed E-state index contributed by atoms with van der Waals surface area (Å²) in [5.74, 6) is 0.255. The first-order chi connectivity index (χ1) is 13.3. The summed E-state index contributed by atoms with van der Waals surface area (Å²) in [5.41, 5.74) is 3.02. The number of anilines is 1. The van der Waals surface area contributed by atoms with Crippen molar-refractivity contribution < 1.29 is 8.42 Å². The number of H-pyrrole nitrogens is 1. The molecule has 0 spiro atoms. The molecule has 0 saturated heterocycles. The van der Waals surface area contributed by atoms with Crippen LogP contribution in [-0.4, -0.2) is 18.6 Å². The smallest absolute Gasteiger partial charge is 0.263 e. The van der Waals surface area contributed by atoms with Crippen molar-refractivity contribution in [2.45, 2.75) is 18.7 Å². The van der Waals surface area contributed by atoms with Gasteiger partial charge in [-0.25, -0.2) is 8.42 Å². The summed E-state index contributed by atoms with van der Waals surface area (Å²) >= 11 is 3.39. The third-order valence-corrected chi connectivity index (χ3v) is 6.69. The normalized spacial score (nSPS) is 11.7. The first kappa shape index (κ1) is 18.7. The monoisotopic (exact) mass is 455 g/mol. The van der Waals surface area contributed by atoms with Crippen LogP contribution in [-0.2, 0) is 10.0 Å². The minimum atomic E-state index is -3.75. The van der Waals surface area contributed by atoms with Crippen molar-refractivity contribution >= 4 is 42.5 Å². The highest BCUT2D eigenvalue weighted by Crippen LogP contribution is 2.28. The molecule has 4 rings (SSSR count). The molecule has 1 aromatic heterocycles.